The summed E-state index contributed by atoms with van der Waals surface area (Å²) in [5.74, 6) is 0.147. The summed E-state index contributed by atoms with van der Waals surface area (Å²) in [7, 11) is 0. The number of para-hydroxylation sites is 2. The van der Waals surface area contributed by atoms with Gasteiger partial charge in [-0.05, 0) is 25.0 Å². The second-order valence-corrected chi connectivity index (χ2v) is 5.64. The van der Waals surface area contributed by atoms with Crippen LogP contribution >= 0.6 is 0 Å². The van der Waals surface area contributed by atoms with Crippen LogP contribution in [0.5, 0.6) is 0 Å². The van der Waals surface area contributed by atoms with Crippen LogP contribution in [0.4, 0.5) is 11.4 Å². The van der Waals surface area contributed by atoms with Gasteiger partial charge in [-0.15, -0.1) is 0 Å². The molecule has 1 saturated carbocycles. The summed E-state index contributed by atoms with van der Waals surface area (Å²) in [6.07, 6.45) is 2.80. The maximum absolute atomic E-state index is 11.7. The maximum Gasteiger partial charge on any atom is 0.221 e. The van der Waals surface area contributed by atoms with Crippen LogP contribution in [0.1, 0.15) is 19.3 Å². The van der Waals surface area contributed by atoms with Gasteiger partial charge in [0.05, 0.1) is 24.6 Å². The topological polar surface area (TPSA) is 53.6 Å². The molecule has 0 atom stereocenters. The van der Waals surface area contributed by atoms with Crippen molar-refractivity contribution in [2.45, 2.75) is 25.3 Å². The molecule has 21 heavy (non-hydrogen) atoms. The number of carbonyl (C=O) groups is 1. The SMILES string of the molecule is O=C(CCNc1ccccc1N1CCOCC1)NC1CC1. The molecule has 3 rings (SSSR count). The fraction of sp³-hybridized carbons (Fsp3) is 0.562. The van der Waals surface area contributed by atoms with Crippen molar-refractivity contribution < 1.29 is 9.53 Å². The van der Waals surface area contributed by atoms with E-state index in [0.717, 1.165) is 44.8 Å². The lowest BCUT2D eigenvalue weighted by molar-refractivity contribution is -0.120. The molecule has 1 heterocycles. The van der Waals surface area contributed by atoms with Crippen molar-refractivity contribution in [2.24, 2.45) is 0 Å². The molecule has 1 aromatic carbocycles. The second-order valence-electron chi connectivity index (χ2n) is 5.64. The lowest BCUT2D eigenvalue weighted by Gasteiger charge is -2.30. The van der Waals surface area contributed by atoms with Crippen molar-refractivity contribution in [3.8, 4) is 0 Å². The van der Waals surface area contributed by atoms with Crippen LogP contribution in [0.3, 0.4) is 0 Å². The number of nitrogens with zero attached hydrogens (tertiary/aromatic N) is 1. The Bertz CT molecular complexity index is 482. The number of amides is 1. The van der Waals surface area contributed by atoms with Gasteiger partial charge in [0.2, 0.25) is 5.91 Å². The average Bonchev–Trinajstić information content (AvgIpc) is 3.32. The van der Waals surface area contributed by atoms with Crippen LogP contribution in [0, 0.1) is 0 Å². The number of morpholine rings is 1. The molecule has 2 N–H and O–H groups in total. The van der Waals surface area contributed by atoms with E-state index in [1.807, 2.05) is 6.07 Å². The number of hydrogen-bond acceptors (Lipinski definition) is 4. The van der Waals surface area contributed by atoms with Gasteiger partial charge in [-0.2, -0.15) is 0 Å². The van der Waals surface area contributed by atoms with Crippen molar-refractivity contribution >= 4 is 17.3 Å². The van der Waals surface area contributed by atoms with Gasteiger partial charge in [0.1, 0.15) is 0 Å². The van der Waals surface area contributed by atoms with Crippen molar-refractivity contribution in [1.82, 2.24) is 5.32 Å². The predicted octanol–water partition coefficient (Wildman–Crippen LogP) is 1.60. The molecule has 1 aliphatic carbocycles. The van der Waals surface area contributed by atoms with E-state index in [9.17, 15) is 4.79 Å². The molecule has 1 saturated heterocycles. The van der Waals surface area contributed by atoms with Crippen LogP contribution < -0.4 is 15.5 Å². The minimum atomic E-state index is 0.147. The maximum atomic E-state index is 11.7. The molecule has 2 fully saturated rings. The van der Waals surface area contributed by atoms with Crippen LogP contribution in [-0.4, -0.2) is 44.8 Å². The number of anilines is 2. The van der Waals surface area contributed by atoms with Gasteiger partial charge in [-0.1, -0.05) is 12.1 Å². The lowest BCUT2D eigenvalue weighted by Crippen LogP contribution is -2.36. The molecule has 0 radical (unpaired) electrons. The van der Waals surface area contributed by atoms with Gasteiger partial charge in [-0.3, -0.25) is 4.79 Å². The largest absolute Gasteiger partial charge is 0.383 e. The highest BCUT2D eigenvalue weighted by atomic mass is 16.5. The molecule has 5 nitrogen and oxygen atoms in total. The third-order valence-corrected chi connectivity index (χ3v) is 3.87. The van der Waals surface area contributed by atoms with E-state index in [-0.39, 0.29) is 5.91 Å². The van der Waals surface area contributed by atoms with Gasteiger partial charge >= 0.3 is 0 Å². The minimum Gasteiger partial charge on any atom is -0.383 e. The van der Waals surface area contributed by atoms with Crippen molar-refractivity contribution in [1.29, 1.82) is 0 Å². The Morgan fingerprint density at radius 3 is 2.76 bits per heavy atom. The van der Waals surface area contributed by atoms with Crippen LogP contribution in [0.25, 0.3) is 0 Å². The lowest BCUT2D eigenvalue weighted by atomic mass is 10.2. The Morgan fingerprint density at radius 2 is 2.00 bits per heavy atom. The fourth-order valence-corrected chi connectivity index (χ4v) is 2.54. The number of rotatable bonds is 6. The molecule has 114 valence electrons. The summed E-state index contributed by atoms with van der Waals surface area (Å²) in [5.41, 5.74) is 2.29. The smallest absolute Gasteiger partial charge is 0.221 e. The normalized spacial score (nSPS) is 18.4. The Labute approximate surface area is 125 Å². The van der Waals surface area contributed by atoms with E-state index in [0.29, 0.717) is 19.0 Å². The highest BCUT2D eigenvalue weighted by Gasteiger charge is 2.22. The molecule has 1 aliphatic heterocycles. The van der Waals surface area contributed by atoms with Crippen LogP contribution in [0.2, 0.25) is 0 Å². The van der Waals surface area contributed by atoms with Crippen LogP contribution in [0.15, 0.2) is 24.3 Å². The zero-order valence-electron chi connectivity index (χ0n) is 12.3. The Kier molecular flexibility index (Phi) is 4.60. The highest BCUT2D eigenvalue weighted by Crippen LogP contribution is 2.26. The first-order valence-corrected chi connectivity index (χ1v) is 7.78. The zero-order valence-corrected chi connectivity index (χ0v) is 12.3. The summed E-state index contributed by atoms with van der Waals surface area (Å²) >= 11 is 0. The molecule has 0 unspecified atom stereocenters. The van der Waals surface area contributed by atoms with Crippen molar-refractivity contribution in [2.75, 3.05) is 43.1 Å². The third-order valence-electron chi connectivity index (χ3n) is 3.87. The first-order chi connectivity index (χ1) is 10.3. The zero-order chi connectivity index (χ0) is 14.5. The summed E-state index contributed by atoms with van der Waals surface area (Å²) in [5, 5.41) is 6.40. The van der Waals surface area contributed by atoms with Gasteiger partial charge in [0.15, 0.2) is 0 Å². The first-order valence-electron chi connectivity index (χ1n) is 7.78. The molecule has 1 aromatic rings. The van der Waals surface area contributed by atoms with E-state index in [2.05, 4.69) is 33.7 Å². The van der Waals surface area contributed by atoms with Gasteiger partial charge in [0, 0.05) is 32.1 Å². The molecule has 0 spiro atoms. The number of hydrogen-bond donors (Lipinski definition) is 2. The second kappa shape index (κ2) is 6.80. The molecule has 1 amide bonds. The number of carbonyl (C=O) groups excluding carboxylic acids is 1. The van der Waals surface area contributed by atoms with E-state index in [4.69, 9.17) is 4.74 Å². The number of nitrogens with one attached hydrogen (secondary N) is 2. The Hall–Kier alpha value is -1.75. The molecular weight excluding hydrogens is 266 g/mol. The first kappa shape index (κ1) is 14.2. The summed E-state index contributed by atoms with van der Waals surface area (Å²) in [6, 6.07) is 8.71. The quantitative estimate of drug-likeness (QED) is 0.835. The van der Waals surface area contributed by atoms with Crippen molar-refractivity contribution in [3.05, 3.63) is 24.3 Å². The van der Waals surface area contributed by atoms with Gasteiger partial charge < -0.3 is 20.3 Å². The molecule has 0 bridgehead atoms. The molecule has 0 aromatic heterocycles. The summed E-state index contributed by atoms with van der Waals surface area (Å²) < 4.78 is 5.40. The van der Waals surface area contributed by atoms with E-state index in [1.165, 1.54) is 5.69 Å². The monoisotopic (exact) mass is 289 g/mol. The van der Waals surface area contributed by atoms with Crippen molar-refractivity contribution in [3.63, 3.8) is 0 Å². The van der Waals surface area contributed by atoms with E-state index >= 15 is 0 Å². The third kappa shape index (κ3) is 4.11. The number of ether oxygens (including phenoxy) is 1. The van der Waals surface area contributed by atoms with Gasteiger partial charge in [-0.25, -0.2) is 0 Å². The molecule has 5 heteroatoms. The van der Waals surface area contributed by atoms with E-state index in [1.54, 1.807) is 0 Å². The van der Waals surface area contributed by atoms with Crippen LogP contribution in [-0.2, 0) is 9.53 Å². The molecule has 2 aliphatic rings. The fourth-order valence-electron chi connectivity index (χ4n) is 2.54. The van der Waals surface area contributed by atoms with Gasteiger partial charge in [0.25, 0.3) is 0 Å². The Balaban J connectivity index is 1.53. The standard InChI is InChI=1S/C16H23N3O2/c20-16(18-13-5-6-13)7-8-17-14-3-1-2-4-15(14)19-9-11-21-12-10-19/h1-4,13,17H,5-12H2,(H,18,20). The predicted molar refractivity (Wildman–Crippen MR) is 83.7 cm³/mol. The van der Waals surface area contributed by atoms with E-state index < -0.39 is 0 Å². The number of benzene rings is 1. The highest BCUT2D eigenvalue weighted by molar-refractivity contribution is 5.77. The minimum absolute atomic E-state index is 0.147. The Morgan fingerprint density at radius 1 is 1.24 bits per heavy atom. The molecular formula is C16H23N3O2. The average molecular weight is 289 g/mol. The summed E-state index contributed by atoms with van der Waals surface area (Å²) in [4.78, 5) is 14.0. The summed E-state index contributed by atoms with van der Waals surface area (Å²) in [6.45, 7) is 4.05.